The van der Waals surface area contributed by atoms with Crippen LogP contribution in [0.1, 0.15) is 26.5 Å². The summed E-state index contributed by atoms with van der Waals surface area (Å²) in [4.78, 5) is 38.1. The summed E-state index contributed by atoms with van der Waals surface area (Å²) in [5.74, 6) is 0.000941. The van der Waals surface area contributed by atoms with Crippen molar-refractivity contribution in [1.82, 2.24) is 10.2 Å². The molecular weight excluding hydrogens is 396 g/mol. The SMILES string of the molecule is CN(C)C(=O)c1cccc(NC(=O)CNc2cccc(C(=O)NCc3ccco3)c2)c1. The summed E-state index contributed by atoms with van der Waals surface area (Å²) in [7, 11) is 3.34. The predicted octanol–water partition coefficient (Wildman–Crippen LogP) is 2.96. The van der Waals surface area contributed by atoms with Gasteiger partial charge in [0.15, 0.2) is 0 Å². The van der Waals surface area contributed by atoms with E-state index in [1.807, 2.05) is 0 Å². The zero-order valence-corrected chi connectivity index (χ0v) is 17.3. The summed E-state index contributed by atoms with van der Waals surface area (Å²) in [6.45, 7) is 0.296. The van der Waals surface area contributed by atoms with E-state index < -0.39 is 0 Å². The second-order valence-electron chi connectivity index (χ2n) is 7.02. The van der Waals surface area contributed by atoms with Crippen LogP contribution >= 0.6 is 0 Å². The third-order valence-electron chi connectivity index (χ3n) is 4.38. The van der Waals surface area contributed by atoms with Gasteiger partial charge in [-0.3, -0.25) is 14.4 Å². The van der Waals surface area contributed by atoms with Crippen molar-refractivity contribution in [3.63, 3.8) is 0 Å². The highest BCUT2D eigenvalue weighted by Gasteiger charge is 2.10. The summed E-state index contributed by atoms with van der Waals surface area (Å²) in [5.41, 5.74) is 2.12. The van der Waals surface area contributed by atoms with E-state index in [0.717, 1.165) is 0 Å². The number of nitrogens with zero attached hydrogens (tertiary/aromatic N) is 1. The van der Waals surface area contributed by atoms with Crippen LogP contribution in [0.4, 0.5) is 11.4 Å². The zero-order chi connectivity index (χ0) is 22.2. The molecule has 0 saturated heterocycles. The minimum Gasteiger partial charge on any atom is -0.467 e. The van der Waals surface area contributed by atoms with E-state index in [-0.39, 0.29) is 24.3 Å². The number of nitrogens with one attached hydrogen (secondary N) is 3. The molecular formula is C23H24N4O4. The van der Waals surface area contributed by atoms with Crippen LogP contribution in [-0.4, -0.2) is 43.3 Å². The predicted molar refractivity (Wildman–Crippen MR) is 118 cm³/mol. The number of amides is 3. The van der Waals surface area contributed by atoms with Crippen molar-refractivity contribution in [1.29, 1.82) is 0 Å². The molecule has 0 radical (unpaired) electrons. The van der Waals surface area contributed by atoms with E-state index >= 15 is 0 Å². The van der Waals surface area contributed by atoms with Gasteiger partial charge in [0.05, 0.1) is 19.4 Å². The molecule has 3 rings (SSSR count). The molecule has 0 atom stereocenters. The second kappa shape index (κ2) is 10.1. The Morgan fingerprint density at radius 1 is 0.903 bits per heavy atom. The van der Waals surface area contributed by atoms with Gasteiger partial charge in [0.25, 0.3) is 11.8 Å². The lowest BCUT2D eigenvalue weighted by Gasteiger charge is -2.12. The molecule has 0 bridgehead atoms. The molecule has 3 N–H and O–H groups in total. The smallest absolute Gasteiger partial charge is 0.253 e. The van der Waals surface area contributed by atoms with E-state index in [9.17, 15) is 14.4 Å². The van der Waals surface area contributed by atoms with Gasteiger partial charge >= 0.3 is 0 Å². The topological polar surface area (TPSA) is 104 Å². The maximum absolute atomic E-state index is 12.3. The highest BCUT2D eigenvalue weighted by molar-refractivity contribution is 5.98. The zero-order valence-electron chi connectivity index (χ0n) is 17.3. The van der Waals surface area contributed by atoms with Crippen molar-refractivity contribution in [2.45, 2.75) is 6.54 Å². The number of rotatable bonds is 8. The van der Waals surface area contributed by atoms with Crippen molar-refractivity contribution in [3.8, 4) is 0 Å². The Kier molecular flexibility index (Phi) is 7.05. The average Bonchev–Trinajstić information content (AvgIpc) is 3.29. The standard InChI is InChI=1S/C23H24N4O4/c1-27(2)23(30)17-7-4-9-19(13-17)26-21(28)15-24-18-8-3-6-16(12-18)22(29)25-14-20-10-5-11-31-20/h3-13,24H,14-15H2,1-2H3,(H,25,29)(H,26,28). The summed E-state index contributed by atoms with van der Waals surface area (Å²) in [5, 5.41) is 8.53. The van der Waals surface area contributed by atoms with Gasteiger partial charge in [0.2, 0.25) is 5.91 Å². The summed E-state index contributed by atoms with van der Waals surface area (Å²) >= 11 is 0. The van der Waals surface area contributed by atoms with Crippen LogP contribution in [0.15, 0.2) is 71.3 Å². The lowest BCUT2D eigenvalue weighted by molar-refractivity contribution is -0.114. The molecule has 3 amide bonds. The first-order chi connectivity index (χ1) is 14.9. The Balaban J connectivity index is 1.53. The maximum Gasteiger partial charge on any atom is 0.253 e. The van der Waals surface area contributed by atoms with Gasteiger partial charge in [0, 0.05) is 36.6 Å². The third-order valence-corrected chi connectivity index (χ3v) is 4.38. The molecule has 8 heteroatoms. The quantitative estimate of drug-likeness (QED) is 0.520. The Morgan fingerprint density at radius 2 is 1.61 bits per heavy atom. The van der Waals surface area contributed by atoms with Crippen LogP contribution in [0.3, 0.4) is 0 Å². The van der Waals surface area contributed by atoms with E-state index in [2.05, 4.69) is 16.0 Å². The highest BCUT2D eigenvalue weighted by atomic mass is 16.3. The Labute approximate surface area is 180 Å². The molecule has 0 aliphatic rings. The Hall–Kier alpha value is -4.07. The highest BCUT2D eigenvalue weighted by Crippen LogP contribution is 2.13. The molecule has 0 saturated carbocycles. The molecule has 0 aliphatic carbocycles. The van der Waals surface area contributed by atoms with Gasteiger partial charge in [-0.2, -0.15) is 0 Å². The minimum atomic E-state index is -0.276. The van der Waals surface area contributed by atoms with Crippen LogP contribution in [0.25, 0.3) is 0 Å². The van der Waals surface area contributed by atoms with Gasteiger partial charge in [0.1, 0.15) is 5.76 Å². The monoisotopic (exact) mass is 420 g/mol. The fourth-order valence-corrected chi connectivity index (χ4v) is 2.83. The van der Waals surface area contributed by atoms with Crippen LogP contribution in [-0.2, 0) is 11.3 Å². The van der Waals surface area contributed by atoms with Gasteiger partial charge in [-0.25, -0.2) is 0 Å². The second-order valence-corrected chi connectivity index (χ2v) is 7.02. The lowest BCUT2D eigenvalue weighted by Crippen LogP contribution is -2.24. The van der Waals surface area contributed by atoms with Crippen LogP contribution in [0.5, 0.6) is 0 Å². The van der Waals surface area contributed by atoms with Crippen LogP contribution in [0, 0.1) is 0 Å². The normalized spacial score (nSPS) is 10.3. The van der Waals surface area contributed by atoms with Crippen molar-refractivity contribution in [3.05, 3.63) is 83.8 Å². The summed E-state index contributed by atoms with van der Waals surface area (Å²) < 4.78 is 5.20. The molecule has 160 valence electrons. The molecule has 1 heterocycles. The molecule has 31 heavy (non-hydrogen) atoms. The third kappa shape index (κ3) is 6.20. The number of furan rings is 1. The number of hydrogen-bond acceptors (Lipinski definition) is 5. The van der Waals surface area contributed by atoms with E-state index in [1.165, 1.54) is 4.90 Å². The molecule has 2 aromatic carbocycles. The van der Waals surface area contributed by atoms with E-state index in [4.69, 9.17) is 4.42 Å². The number of carbonyl (C=O) groups excluding carboxylic acids is 3. The first kappa shape index (κ1) is 21.6. The number of carbonyl (C=O) groups is 3. The fraction of sp³-hybridized carbons (Fsp3) is 0.174. The molecule has 8 nitrogen and oxygen atoms in total. The average molecular weight is 420 g/mol. The molecule has 3 aromatic rings. The number of anilines is 2. The number of benzene rings is 2. The maximum atomic E-state index is 12.3. The van der Waals surface area contributed by atoms with E-state index in [0.29, 0.717) is 34.8 Å². The summed E-state index contributed by atoms with van der Waals surface area (Å²) in [6, 6.07) is 17.2. The van der Waals surface area contributed by atoms with E-state index in [1.54, 1.807) is 81.0 Å². The van der Waals surface area contributed by atoms with Crippen molar-refractivity contribution in [2.24, 2.45) is 0 Å². The molecule has 1 aromatic heterocycles. The molecule has 0 aliphatic heterocycles. The lowest BCUT2D eigenvalue weighted by atomic mass is 10.1. The van der Waals surface area contributed by atoms with Crippen molar-refractivity contribution < 1.29 is 18.8 Å². The molecule has 0 fully saturated rings. The fourth-order valence-electron chi connectivity index (χ4n) is 2.83. The van der Waals surface area contributed by atoms with Gasteiger partial charge < -0.3 is 25.3 Å². The molecule has 0 spiro atoms. The molecule has 0 unspecified atom stereocenters. The Bertz CT molecular complexity index is 1060. The van der Waals surface area contributed by atoms with Gasteiger partial charge in [-0.1, -0.05) is 12.1 Å². The van der Waals surface area contributed by atoms with Crippen LogP contribution in [0.2, 0.25) is 0 Å². The van der Waals surface area contributed by atoms with Gasteiger partial charge in [-0.05, 0) is 48.5 Å². The summed E-state index contributed by atoms with van der Waals surface area (Å²) in [6.07, 6.45) is 1.55. The minimum absolute atomic E-state index is 0.00330. The van der Waals surface area contributed by atoms with Gasteiger partial charge in [-0.15, -0.1) is 0 Å². The number of hydrogen-bond donors (Lipinski definition) is 3. The first-order valence-electron chi connectivity index (χ1n) is 9.68. The van der Waals surface area contributed by atoms with Crippen LogP contribution < -0.4 is 16.0 Å². The van der Waals surface area contributed by atoms with Crippen molar-refractivity contribution in [2.75, 3.05) is 31.3 Å². The largest absolute Gasteiger partial charge is 0.467 e. The Morgan fingerprint density at radius 3 is 2.32 bits per heavy atom. The first-order valence-corrected chi connectivity index (χ1v) is 9.68. The van der Waals surface area contributed by atoms with Crippen molar-refractivity contribution >= 4 is 29.1 Å².